The molecule has 1 aliphatic carbocycles. The second-order valence-corrected chi connectivity index (χ2v) is 8.95. The summed E-state index contributed by atoms with van der Waals surface area (Å²) in [6, 6.07) is 17.4. The van der Waals surface area contributed by atoms with Crippen LogP contribution in [0.5, 0.6) is 0 Å². The fraction of sp³-hybridized carbons (Fsp3) is 0.400. The van der Waals surface area contributed by atoms with Gasteiger partial charge in [-0.25, -0.2) is 0 Å². The topological polar surface area (TPSA) is 15.6 Å². The van der Waals surface area contributed by atoms with E-state index < -0.39 is 0 Å². The molecule has 2 aliphatic rings. The van der Waals surface area contributed by atoms with Crippen LogP contribution in [0.25, 0.3) is 6.08 Å². The van der Waals surface area contributed by atoms with E-state index in [-0.39, 0.29) is 0 Å². The van der Waals surface area contributed by atoms with Crippen LogP contribution < -0.4 is 4.90 Å². The Morgan fingerprint density at radius 1 is 1.00 bits per heavy atom. The van der Waals surface area contributed by atoms with Crippen LogP contribution in [-0.4, -0.2) is 31.6 Å². The number of anilines is 1. The molecule has 3 heteroatoms. The van der Waals surface area contributed by atoms with E-state index in [1.807, 2.05) is 11.8 Å². The molecule has 2 nitrogen and oxygen atoms in total. The van der Waals surface area contributed by atoms with Crippen LogP contribution >= 0.6 is 11.8 Å². The summed E-state index contributed by atoms with van der Waals surface area (Å²) in [5.41, 5.74) is 4.89. The Bertz CT molecular complexity index is 849. The summed E-state index contributed by atoms with van der Waals surface area (Å²) < 4.78 is 0. The number of rotatable bonds is 5. The van der Waals surface area contributed by atoms with Gasteiger partial charge in [-0.3, -0.25) is 4.99 Å². The quantitative estimate of drug-likeness (QED) is 0.556. The van der Waals surface area contributed by atoms with E-state index in [0.29, 0.717) is 0 Å². The van der Waals surface area contributed by atoms with E-state index >= 15 is 0 Å². The molecule has 0 bridgehead atoms. The zero-order valence-corrected chi connectivity index (χ0v) is 17.6. The van der Waals surface area contributed by atoms with Gasteiger partial charge in [-0.15, -0.1) is 11.8 Å². The van der Waals surface area contributed by atoms with E-state index in [1.165, 1.54) is 59.6 Å². The minimum absolute atomic E-state index is 0.836. The van der Waals surface area contributed by atoms with Crippen molar-refractivity contribution in [3.63, 3.8) is 0 Å². The predicted octanol–water partition coefficient (Wildman–Crippen LogP) is 6.31. The molecule has 4 rings (SSSR count). The van der Waals surface area contributed by atoms with E-state index in [2.05, 4.69) is 72.6 Å². The van der Waals surface area contributed by atoms with E-state index in [1.54, 1.807) is 0 Å². The molecule has 0 atom stereocenters. The highest BCUT2D eigenvalue weighted by molar-refractivity contribution is 7.99. The monoisotopic (exact) mass is 390 g/mol. The number of benzene rings is 2. The summed E-state index contributed by atoms with van der Waals surface area (Å²) in [6.07, 6.45) is 11.5. The molecule has 1 fully saturated rings. The number of allylic oxidation sites excluding steroid dienone is 1. The Morgan fingerprint density at radius 2 is 1.79 bits per heavy atom. The van der Waals surface area contributed by atoms with Gasteiger partial charge in [-0.05, 0) is 42.5 Å². The lowest BCUT2D eigenvalue weighted by Crippen LogP contribution is -2.20. The molecule has 0 unspecified atom stereocenters. The fourth-order valence-electron chi connectivity index (χ4n) is 4.17. The third-order valence-corrected chi connectivity index (χ3v) is 7.17. The fourth-order valence-corrected chi connectivity index (χ4v) is 5.40. The molecular weight excluding hydrogens is 360 g/mol. The standard InChI is InChI=1S/C25H30N2S/c1-27-18-17-26-23(22-12-6-7-13-24(22)27)16-15-21-11-5-8-14-25(21)28-19-20-9-3-2-4-10-20/h5-8,11-16,20H,2-4,9-10,17-19H2,1H3/b16-15+. The lowest BCUT2D eigenvalue weighted by atomic mass is 9.91. The second-order valence-electron chi connectivity index (χ2n) is 7.89. The van der Waals surface area contributed by atoms with Gasteiger partial charge in [0, 0.05) is 35.5 Å². The maximum atomic E-state index is 4.86. The lowest BCUT2D eigenvalue weighted by Gasteiger charge is -2.21. The van der Waals surface area contributed by atoms with Crippen LogP contribution in [0.15, 0.2) is 64.5 Å². The van der Waals surface area contributed by atoms with E-state index in [4.69, 9.17) is 4.99 Å². The summed E-state index contributed by atoms with van der Waals surface area (Å²) in [4.78, 5) is 8.55. The summed E-state index contributed by atoms with van der Waals surface area (Å²) in [5, 5.41) is 0. The summed E-state index contributed by atoms with van der Waals surface area (Å²) in [7, 11) is 2.15. The van der Waals surface area contributed by atoms with Crippen molar-refractivity contribution >= 4 is 29.2 Å². The smallest absolute Gasteiger partial charge is 0.0668 e. The number of para-hydroxylation sites is 1. The maximum Gasteiger partial charge on any atom is 0.0668 e. The van der Waals surface area contributed by atoms with Gasteiger partial charge in [-0.1, -0.05) is 61.7 Å². The molecule has 28 heavy (non-hydrogen) atoms. The summed E-state index contributed by atoms with van der Waals surface area (Å²) in [6.45, 7) is 1.80. The molecule has 0 amide bonds. The molecule has 2 aromatic carbocycles. The molecule has 1 saturated carbocycles. The number of hydrogen-bond donors (Lipinski definition) is 0. The third-order valence-electron chi connectivity index (χ3n) is 5.85. The van der Waals surface area contributed by atoms with Crippen molar-refractivity contribution in [2.24, 2.45) is 10.9 Å². The SMILES string of the molecule is CN1CCN=C(/C=C/c2ccccc2SCC2CCCCC2)c2ccccc21. The molecule has 0 saturated heterocycles. The number of aliphatic imine (C=N–C) groups is 1. The highest BCUT2D eigenvalue weighted by Crippen LogP contribution is 2.32. The first-order valence-electron chi connectivity index (χ1n) is 10.6. The second kappa shape index (κ2) is 9.47. The Labute approximate surface area is 173 Å². The molecule has 1 aliphatic heterocycles. The number of thioether (sulfide) groups is 1. The summed E-state index contributed by atoms with van der Waals surface area (Å²) >= 11 is 2.03. The molecule has 2 aromatic rings. The van der Waals surface area contributed by atoms with Crippen LogP contribution in [0.2, 0.25) is 0 Å². The average Bonchev–Trinajstić information content (AvgIpc) is 2.91. The van der Waals surface area contributed by atoms with E-state index in [0.717, 1.165) is 24.7 Å². The Balaban J connectivity index is 1.52. The number of fused-ring (bicyclic) bond motifs is 1. The molecule has 0 radical (unpaired) electrons. The average molecular weight is 391 g/mol. The van der Waals surface area contributed by atoms with Gasteiger partial charge >= 0.3 is 0 Å². The van der Waals surface area contributed by atoms with Crippen molar-refractivity contribution in [1.29, 1.82) is 0 Å². The third kappa shape index (κ3) is 4.70. The molecule has 0 spiro atoms. The van der Waals surface area contributed by atoms with Gasteiger partial charge in [0.1, 0.15) is 0 Å². The minimum atomic E-state index is 0.836. The lowest BCUT2D eigenvalue weighted by molar-refractivity contribution is 0.391. The molecular formula is C25H30N2S. The zero-order valence-electron chi connectivity index (χ0n) is 16.8. The Kier molecular flexibility index (Phi) is 6.53. The van der Waals surface area contributed by atoms with Crippen molar-refractivity contribution in [3.05, 3.63) is 65.7 Å². The Morgan fingerprint density at radius 3 is 2.68 bits per heavy atom. The van der Waals surface area contributed by atoms with Crippen molar-refractivity contribution < 1.29 is 0 Å². The van der Waals surface area contributed by atoms with Crippen LogP contribution in [0.1, 0.15) is 43.2 Å². The summed E-state index contributed by atoms with van der Waals surface area (Å²) in [5.74, 6) is 2.14. The van der Waals surface area contributed by atoms with Crippen molar-refractivity contribution in [1.82, 2.24) is 0 Å². The number of benzodiazepines with no additional fused rings is 1. The first kappa shape index (κ1) is 19.3. The van der Waals surface area contributed by atoms with Gasteiger partial charge in [0.05, 0.1) is 12.3 Å². The van der Waals surface area contributed by atoms with Crippen molar-refractivity contribution in [2.45, 2.75) is 37.0 Å². The normalized spacial score (nSPS) is 18.0. The highest BCUT2D eigenvalue weighted by Gasteiger charge is 2.15. The highest BCUT2D eigenvalue weighted by atomic mass is 32.2. The van der Waals surface area contributed by atoms with Crippen LogP contribution in [-0.2, 0) is 0 Å². The van der Waals surface area contributed by atoms with Crippen molar-refractivity contribution in [2.75, 3.05) is 30.8 Å². The largest absolute Gasteiger partial charge is 0.372 e. The Hall–Kier alpha value is -2.00. The number of likely N-dealkylation sites (N-methyl/N-ethyl adjacent to an activating group) is 1. The van der Waals surface area contributed by atoms with Crippen LogP contribution in [0.3, 0.4) is 0 Å². The van der Waals surface area contributed by atoms with Gasteiger partial charge in [0.15, 0.2) is 0 Å². The van der Waals surface area contributed by atoms with Gasteiger partial charge in [-0.2, -0.15) is 0 Å². The first-order valence-corrected chi connectivity index (χ1v) is 11.5. The van der Waals surface area contributed by atoms with Gasteiger partial charge in [0.25, 0.3) is 0 Å². The van der Waals surface area contributed by atoms with Crippen LogP contribution in [0, 0.1) is 5.92 Å². The zero-order chi connectivity index (χ0) is 19.2. The van der Waals surface area contributed by atoms with Crippen molar-refractivity contribution in [3.8, 4) is 0 Å². The predicted molar refractivity (Wildman–Crippen MR) is 124 cm³/mol. The van der Waals surface area contributed by atoms with E-state index in [9.17, 15) is 0 Å². The molecule has 146 valence electrons. The molecule has 0 aromatic heterocycles. The minimum Gasteiger partial charge on any atom is -0.372 e. The van der Waals surface area contributed by atoms with Gasteiger partial charge in [0.2, 0.25) is 0 Å². The first-order chi connectivity index (χ1) is 13.8. The molecule has 0 N–H and O–H groups in total. The van der Waals surface area contributed by atoms with Gasteiger partial charge < -0.3 is 4.90 Å². The van der Waals surface area contributed by atoms with Crippen LogP contribution in [0.4, 0.5) is 5.69 Å². The molecule has 1 heterocycles. The number of hydrogen-bond acceptors (Lipinski definition) is 3. The maximum absolute atomic E-state index is 4.86. The number of nitrogens with zero attached hydrogens (tertiary/aromatic N) is 2.